The summed E-state index contributed by atoms with van der Waals surface area (Å²) in [5, 5.41) is 10.6. The molecular weight excluding hydrogens is 409 g/mol. The molecule has 0 radical (unpaired) electrons. The van der Waals surface area contributed by atoms with Gasteiger partial charge in [0.05, 0.1) is 18.6 Å². The maximum Gasteiger partial charge on any atom is 0.344 e. The van der Waals surface area contributed by atoms with E-state index < -0.39 is 17.7 Å². The molecule has 0 bridgehead atoms. The van der Waals surface area contributed by atoms with Gasteiger partial charge in [-0.15, -0.1) is 0 Å². The first-order valence-corrected chi connectivity index (χ1v) is 9.78. The first kappa shape index (κ1) is 21.3. The monoisotopic (exact) mass is 427 g/mol. The van der Waals surface area contributed by atoms with Crippen molar-refractivity contribution >= 4 is 34.8 Å². The molecule has 0 saturated carbocycles. The predicted molar refractivity (Wildman–Crippen MR) is 113 cm³/mol. The molecule has 0 fully saturated rings. The Balaban J connectivity index is 1.97. The summed E-state index contributed by atoms with van der Waals surface area (Å²) in [6, 6.07) is 11.9. The number of aliphatic hydroxyl groups excluding tert-OH is 1. The minimum atomic E-state index is -0.786. The van der Waals surface area contributed by atoms with Gasteiger partial charge in [0.25, 0.3) is 5.91 Å². The SMILES string of the molecule is CCOC(=O)C1=C(O)/C(=C\c2ccc(F)cc2)SC1=NC(=O)c1ccc(OC)cc1. The number of rotatable bonds is 5. The second kappa shape index (κ2) is 9.41. The van der Waals surface area contributed by atoms with Crippen molar-refractivity contribution in [3.05, 3.63) is 81.7 Å². The number of benzene rings is 2. The molecule has 0 aliphatic carbocycles. The number of aliphatic hydroxyl groups is 1. The van der Waals surface area contributed by atoms with Crippen molar-refractivity contribution in [1.29, 1.82) is 0 Å². The van der Waals surface area contributed by atoms with Gasteiger partial charge in [0.2, 0.25) is 0 Å². The zero-order valence-electron chi connectivity index (χ0n) is 16.2. The van der Waals surface area contributed by atoms with Gasteiger partial charge < -0.3 is 14.6 Å². The maximum absolute atomic E-state index is 13.1. The lowest BCUT2D eigenvalue weighted by Crippen LogP contribution is -2.14. The van der Waals surface area contributed by atoms with Crippen LogP contribution in [0.4, 0.5) is 4.39 Å². The molecule has 30 heavy (non-hydrogen) atoms. The van der Waals surface area contributed by atoms with Crippen LogP contribution in [0.1, 0.15) is 22.8 Å². The van der Waals surface area contributed by atoms with Crippen LogP contribution in [-0.2, 0) is 9.53 Å². The van der Waals surface area contributed by atoms with E-state index in [2.05, 4.69) is 4.99 Å². The number of ether oxygens (including phenoxy) is 2. The summed E-state index contributed by atoms with van der Waals surface area (Å²) in [5.41, 5.74) is 0.719. The fourth-order valence-corrected chi connectivity index (χ4v) is 3.61. The van der Waals surface area contributed by atoms with Gasteiger partial charge in [-0.25, -0.2) is 14.2 Å². The van der Waals surface area contributed by atoms with Gasteiger partial charge in [-0.3, -0.25) is 4.79 Å². The number of carbonyl (C=O) groups excluding carboxylic acids is 2. The average molecular weight is 427 g/mol. The Bertz CT molecular complexity index is 1060. The van der Waals surface area contributed by atoms with E-state index in [1.165, 1.54) is 31.4 Å². The van der Waals surface area contributed by atoms with Crippen molar-refractivity contribution in [1.82, 2.24) is 0 Å². The fraction of sp³-hybridized carbons (Fsp3) is 0.136. The lowest BCUT2D eigenvalue weighted by molar-refractivity contribution is -0.138. The van der Waals surface area contributed by atoms with Crippen molar-refractivity contribution < 1.29 is 28.6 Å². The molecule has 1 aliphatic rings. The van der Waals surface area contributed by atoms with Gasteiger partial charge in [0.15, 0.2) is 0 Å². The smallest absolute Gasteiger partial charge is 0.344 e. The van der Waals surface area contributed by atoms with E-state index >= 15 is 0 Å². The summed E-state index contributed by atoms with van der Waals surface area (Å²) in [4.78, 5) is 29.3. The molecule has 0 spiro atoms. The van der Waals surface area contributed by atoms with E-state index in [-0.39, 0.29) is 23.0 Å². The van der Waals surface area contributed by atoms with Crippen LogP contribution in [0.25, 0.3) is 6.08 Å². The molecule has 3 rings (SSSR count). The highest BCUT2D eigenvalue weighted by molar-refractivity contribution is 8.18. The van der Waals surface area contributed by atoms with Crippen LogP contribution in [0.15, 0.2) is 69.8 Å². The number of esters is 1. The van der Waals surface area contributed by atoms with Gasteiger partial charge in [-0.1, -0.05) is 23.9 Å². The van der Waals surface area contributed by atoms with Crippen LogP contribution >= 0.6 is 11.8 Å². The zero-order valence-corrected chi connectivity index (χ0v) is 17.0. The molecule has 2 aromatic carbocycles. The number of hydrogen-bond acceptors (Lipinski definition) is 6. The molecule has 154 valence electrons. The van der Waals surface area contributed by atoms with Crippen LogP contribution in [0.5, 0.6) is 5.75 Å². The third-order valence-corrected chi connectivity index (χ3v) is 5.10. The molecule has 0 saturated heterocycles. The number of thioether (sulfide) groups is 1. The van der Waals surface area contributed by atoms with Crippen molar-refractivity contribution in [3.63, 3.8) is 0 Å². The zero-order chi connectivity index (χ0) is 21.7. The molecule has 1 N–H and O–H groups in total. The minimum Gasteiger partial charge on any atom is -0.506 e. The van der Waals surface area contributed by atoms with Crippen LogP contribution in [0, 0.1) is 5.82 Å². The number of halogens is 1. The summed E-state index contributed by atoms with van der Waals surface area (Å²) in [7, 11) is 1.51. The molecule has 0 aromatic heterocycles. The van der Waals surface area contributed by atoms with Crippen molar-refractivity contribution in [2.24, 2.45) is 4.99 Å². The Morgan fingerprint density at radius 2 is 1.80 bits per heavy atom. The van der Waals surface area contributed by atoms with Crippen LogP contribution in [-0.4, -0.2) is 35.7 Å². The normalized spacial score (nSPS) is 16.2. The summed E-state index contributed by atoms with van der Waals surface area (Å²) >= 11 is 0.958. The number of methoxy groups -OCH3 is 1. The number of amides is 1. The third-order valence-electron chi connectivity index (χ3n) is 4.08. The topological polar surface area (TPSA) is 85.2 Å². The van der Waals surface area contributed by atoms with E-state index in [1.54, 1.807) is 37.3 Å². The van der Waals surface area contributed by atoms with Gasteiger partial charge >= 0.3 is 5.97 Å². The lowest BCUT2D eigenvalue weighted by Gasteiger charge is -2.04. The fourth-order valence-electron chi connectivity index (χ4n) is 2.59. The molecule has 1 amide bonds. The second-order valence-electron chi connectivity index (χ2n) is 6.06. The highest BCUT2D eigenvalue weighted by Gasteiger charge is 2.33. The maximum atomic E-state index is 13.1. The highest BCUT2D eigenvalue weighted by Crippen LogP contribution is 2.39. The molecule has 2 aromatic rings. The van der Waals surface area contributed by atoms with E-state index in [4.69, 9.17) is 9.47 Å². The molecular formula is C22H18FNO5S. The average Bonchev–Trinajstić information content (AvgIpc) is 3.04. The largest absolute Gasteiger partial charge is 0.506 e. The summed E-state index contributed by atoms with van der Waals surface area (Å²) in [5.74, 6) is -1.52. The van der Waals surface area contributed by atoms with Crippen LogP contribution in [0.2, 0.25) is 0 Å². The highest BCUT2D eigenvalue weighted by atomic mass is 32.2. The van der Waals surface area contributed by atoms with E-state index in [0.29, 0.717) is 21.8 Å². The Morgan fingerprint density at radius 1 is 1.13 bits per heavy atom. The van der Waals surface area contributed by atoms with Crippen molar-refractivity contribution in [3.8, 4) is 5.75 Å². The van der Waals surface area contributed by atoms with E-state index in [9.17, 15) is 19.1 Å². The summed E-state index contributed by atoms with van der Waals surface area (Å²) < 4.78 is 23.2. The minimum absolute atomic E-state index is 0.0279. The quantitative estimate of drug-likeness (QED) is 0.706. The van der Waals surface area contributed by atoms with Crippen LogP contribution in [0.3, 0.4) is 0 Å². The number of hydrogen-bond donors (Lipinski definition) is 1. The Labute approximate surface area is 176 Å². The predicted octanol–water partition coefficient (Wildman–Crippen LogP) is 4.54. The molecule has 1 aliphatic heterocycles. The summed E-state index contributed by atoms with van der Waals surface area (Å²) in [6.45, 7) is 1.73. The molecule has 8 heteroatoms. The number of nitrogens with zero attached hydrogens (tertiary/aromatic N) is 1. The van der Waals surface area contributed by atoms with Crippen molar-refractivity contribution in [2.45, 2.75) is 6.92 Å². The Morgan fingerprint density at radius 3 is 2.40 bits per heavy atom. The first-order chi connectivity index (χ1) is 14.4. The Kier molecular flexibility index (Phi) is 6.68. The first-order valence-electron chi connectivity index (χ1n) is 8.96. The summed E-state index contributed by atoms with van der Waals surface area (Å²) in [6.07, 6.45) is 1.57. The molecule has 0 atom stereocenters. The van der Waals surface area contributed by atoms with Crippen LogP contribution < -0.4 is 4.74 Å². The second-order valence-corrected chi connectivity index (χ2v) is 7.09. The lowest BCUT2D eigenvalue weighted by atomic mass is 10.1. The van der Waals surface area contributed by atoms with Gasteiger partial charge in [0, 0.05) is 5.56 Å². The third kappa shape index (κ3) is 4.77. The van der Waals surface area contributed by atoms with E-state index in [0.717, 1.165) is 11.8 Å². The molecule has 1 heterocycles. The van der Waals surface area contributed by atoms with Gasteiger partial charge in [-0.05, 0) is 55.0 Å². The van der Waals surface area contributed by atoms with Gasteiger partial charge in [-0.2, -0.15) is 0 Å². The van der Waals surface area contributed by atoms with Crippen molar-refractivity contribution in [2.75, 3.05) is 13.7 Å². The molecule has 0 unspecified atom stereocenters. The standard InChI is InChI=1S/C22H18FNO5S/c1-3-29-22(27)18-19(25)17(12-13-4-8-15(23)9-5-13)30-21(18)24-20(26)14-6-10-16(28-2)11-7-14/h4-12,25H,3H2,1-2H3/b17-12+,24-21?. The molecule has 6 nitrogen and oxygen atoms in total. The number of aliphatic imine (C=N–C) groups is 1. The Hall–Kier alpha value is -3.39. The number of carbonyl (C=O) groups is 2. The van der Waals surface area contributed by atoms with Gasteiger partial charge in [0.1, 0.15) is 27.9 Å². The van der Waals surface area contributed by atoms with E-state index in [1.807, 2.05) is 0 Å².